The highest BCUT2D eigenvalue weighted by Crippen LogP contribution is 2.40. The first-order valence-corrected chi connectivity index (χ1v) is 5.68. The second-order valence-corrected chi connectivity index (χ2v) is 3.98. The van der Waals surface area contributed by atoms with E-state index in [2.05, 4.69) is 9.97 Å². The van der Waals surface area contributed by atoms with Gasteiger partial charge in [0.1, 0.15) is 0 Å². The first-order chi connectivity index (χ1) is 8.69. The van der Waals surface area contributed by atoms with Gasteiger partial charge in [0.05, 0.1) is 27.0 Å². The number of hydrogen-bond acceptors (Lipinski definition) is 4. The van der Waals surface area contributed by atoms with Crippen LogP contribution in [0.4, 0.5) is 0 Å². The van der Waals surface area contributed by atoms with Crippen LogP contribution >= 0.6 is 12.2 Å². The van der Waals surface area contributed by atoms with E-state index < -0.39 is 0 Å². The van der Waals surface area contributed by atoms with Crippen LogP contribution in [-0.4, -0.2) is 31.3 Å². The van der Waals surface area contributed by atoms with E-state index in [0.717, 1.165) is 11.3 Å². The standard InChI is InChI=1S/C12H14N2O3S/c1-15-9-4-7(8-6-13-12(18)14-8)5-10(16-2)11(9)17-3/h4-6H,1-3H3,(H2,13,14,18). The summed E-state index contributed by atoms with van der Waals surface area (Å²) in [4.78, 5) is 5.96. The molecule has 0 spiro atoms. The van der Waals surface area contributed by atoms with Crippen molar-refractivity contribution < 1.29 is 14.2 Å². The van der Waals surface area contributed by atoms with Crippen LogP contribution in [0.3, 0.4) is 0 Å². The maximum absolute atomic E-state index is 5.29. The van der Waals surface area contributed by atoms with Crippen molar-refractivity contribution in [2.45, 2.75) is 0 Å². The average molecular weight is 266 g/mol. The number of nitrogens with one attached hydrogen (secondary N) is 2. The second kappa shape index (κ2) is 5.14. The minimum absolute atomic E-state index is 0.567. The van der Waals surface area contributed by atoms with E-state index in [-0.39, 0.29) is 0 Å². The van der Waals surface area contributed by atoms with Crippen molar-refractivity contribution in [3.63, 3.8) is 0 Å². The van der Waals surface area contributed by atoms with Gasteiger partial charge in [0.25, 0.3) is 0 Å². The third kappa shape index (κ3) is 2.19. The smallest absolute Gasteiger partial charge is 0.203 e. The molecule has 1 aromatic heterocycles. The molecule has 0 aliphatic carbocycles. The normalized spacial score (nSPS) is 10.2. The van der Waals surface area contributed by atoms with Gasteiger partial charge in [-0.15, -0.1) is 0 Å². The summed E-state index contributed by atoms with van der Waals surface area (Å²) in [7, 11) is 4.74. The van der Waals surface area contributed by atoms with Crippen LogP contribution in [-0.2, 0) is 0 Å². The highest BCUT2D eigenvalue weighted by molar-refractivity contribution is 7.71. The highest BCUT2D eigenvalue weighted by Gasteiger charge is 2.14. The van der Waals surface area contributed by atoms with Crippen LogP contribution in [0.5, 0.6) is 17.2 Å². The Hall–Kier alpha value is -1.95. The lowest BCUT2D eigenvalue weighted by Crippen LogP contribution is -1.95. The highest BCUT2D eigenvalue weighted by atomic mass is 32.1. The van der Waals surface area contributed by atoms with Crippen molar-refractivity contribution in [1.82, 2.24) is 9.97 Å². The number of aromatic nitrogens is 2. The van der Waals surface area contributed by atoms with E-state index >= 15 is 0 Å². The lowest BCUT2D eigenvalue weighted by molar-refractivity contribution is 0.324. The molecule has 1 aromatic carbocycles. The Morgan fingerprint density at radius 1 is 1.00 bits per heavy atom. The fourth-order valence-electron chi connectivity index (χ4n) is 1.72. The van der Waals surface area contributed by atoms with Gasteiger partial charge >= 0.3 is 0 Å². The molecule has 0 saturated heterocycles. The van der Waals surface area contributed by atoms with Crippen LogP contribution in [0, 0.1) is 4.77 Å². The molecule has 2 rings (SSSR count). The van der Waals surface area contributed by atoms with Gasteiger partial charge in [0.2, 0.25) is 5.75 Å². The van der Waals surface area contributed by atoms with Crippen LogP contribution in [0.2, 0.25) is 0 Å². The lowest BCUT2D eigenvalue weighted by Gasteiger charge is -2.13. The molecular weight excluding hydrogens is 252 g/mol. The van der Waals surface area contributed by atoms with Crippen molar-refractivity contribution in [3.05, 3.63) is 23.1 Å². The van der Waals surface area contributed by atoms with Crippen LogP contribution in [0.25, 0.3) is 11.3 Å². The van der Waals surface area contributed by atoms with E-state index in [1.54, 1.807) is 27.5 Å². The molecule has 96 valence electrons. The number of rotatable bonds is 4. The number of aromatic amines is 2. The van der Waals surface area contributed by atoms with Crippen molar-refractivity contribution >= 4 is 12.2 Å². The molecule has 0 atom stereocenters. The first kappa shape index (κ1) is 12.5. The molecule has 0 bridgehead atoms. The molecule has 0 amide bonds. The maximum Gasteiger partial charge on any atom is 0.203 e. The van der Waals surface area contributed by atoms with Gasteiger partial charge in [-0.05, 0) is 24.4 Å². The Labute approximate surface area is 110 Å². The molecule has 0 aliphatic heterocycles. The summed E-state index contributed by atoms with van der Waals surface area (Å²) >= 11 is 5.01. The topological polar surface area (TPSA) is 59.3 Å². The Morgan fingerprint density at radius 3 is 2.00 bits per heavy atom. The molecule has 0 aliphatic rings. The van der Waals surface area contributed by atoms with E-state index in [1.165, 1.54) is 0 Å². The first-order valence-electron chi connectivity index (χ1n) is 5.27. The van der Waals surface area contributed by atoms with Gasteiger partial charge in [-0.1, -0.05) is 0 Å². The maximum atomic E-state index is 5.29. The SMILES string of the molecule is COc1cc(-c2c[nH]c(=S)[nH]2)cc(OC)c1OC. The van der Waals surface area contributed by atoms with Gasteiger partial charge in [-0.25, -0.2) is 0 Å². The number of benzene rings is 1. The second-order valence-electron chi connectivity index (χ2n) is 3.57. The molecule has 6 heteroatoms. The molecule has 2 aromatic rings. The Balaban J connectivity index is 2.59. The minimum Gasteiger partial charge on any atom is -0.493 e. The minimum atomic E-state index is 0.567. The summed E-state index contributed by atoms with van der Waals surface area (Å²) in [5, 5.41) is 0. The predicted octanol–water partition coefficient (Wildman–Crippen LogP) is 2.77. The monoisotopic (exact) mass is 266 g/mol. The summed E-state index contributed by atoms with van der Waals surface area (Å²) in [6.45, 7) is 0. The quantitative estimate of drug-likeness (QED) is 0.835. The molecular formula is C12H14N2O3S. The third-order valence-electron chi connectivity index (χ3n) is 2.57. The number of hydrogen-bond donors (Lipinski definition) is 2. The molecule has 0 saturated carbocycles. The molecule has 0 fully saturated rings. The summed E-state index contributed by atoms with van der Waals surface area (Å²) in [6, 6.07) is 3.71. The Morgan fingerprint density at radius 2 is 1.61 bits per heavy atom. The zero-order valence-corrected chi connectivity index (χ0v) is 11.2. The molecule has 0 unspecified atom stereocenters. The fourth-order valence-corrected chi connectivity index (χ4v) is 1.89. The van der Waals surface area contributed by atoms with E-state index in [1.807, 2.05) is 12.1 Å². The van der Waals surface area contributed by atoms with Gasteiger partial charge in [-0.3, -0.25) is 0 Å². The van der Waals surface area contributed by atoms with Gasteiger partial charge < -0.3 is 24.2 Å². The van der Waals surface area contributed by atoms with Crippen molar-refractivity contribution in [1.29, 1.82) is 0 Å². The fraction of sp³-hybridized carbons (Fsp3) is 0.250. The lowest BCUT2D eigenvalue weighted by atomic mass is 10.1. The zero-order chi connectivity index (χ0) is 13.1. The summed E-state index contributed by atoms with van der Waals surface area (Å²) < 4.78 is 16.4. The number of ether oxygens (including phenoxy) is 3. The van der Waals surface area contributed by atoms with E-state index in [0.29, 0.717) is 22.0 Å². The summed E-state index contributed by atoms with van der Waals surface area (Å²) in [5.74, 6) is 1.78. The Bertz CT molecular complexity index is 578. The van der Waals surface area contributed by atoms with Crippen LogP contribution in [0.15, 0.2) is 18.3 Å². The molecule has 1 heterocycles. The van der Waals surface area contributed by atoms with Crippen LogP contribution in [0.1, 0.15) is 0 Å². The van der Waals surface area contributed by atoms with Crippen molar-refractivity contribution in [2.75, 3.05) is 21.3 Å². The van der Waals surface area contributed by atoms with Crippen molar-refractivity contribution in [2.24, 2.45) is 0 Å². The summed E-state index contributed by atoms with van der Waals surface area (Å²) in [6.07, 6.45) is 1.79. The molecule has 0 radical (unpaired) electrons. The predicted molar refractivity (Wildman–Crippen MR) is 71.1 cm³/mol. The average Bonchev–Trinajstić information content (AvgIpc) is 2.83. The number of H-pyrrole nitrogens is 2. The van der Waals surface area contributed by atoms with Crippen LogP contribution < -0.4 is 14.2 Å². The number of methoxy groups -OCH3 is 3. The van der Waals surface area contributed by atoms with Gasteiger partial charge in [0.15, 0.2) is 16.3 Å². The van der Waals surface area contributed by atoms with Gasteiger partial charge in [0, 0.05) is 11.8 Å². The zero-order valence-electron chi connectivity index (χ0n) is 10.4. The number of imidazole rings is 1. The van der Waals surface area contributed by atoms with Crippen molar-refractivity contribution in [3.8, 4) is 28.5 Å². The Kier molecular flexibility index (Phi) is 3.57. The molecule has 5 nitrogen and oxygen atoms in total. The third-order valence-corrected chi connectivity index (χ3v) is 2.79. The molecule has 18 heavy (non-hydrogen) atoms. The molecule has 2 N–H and O–H groups in total. The summed E-state index contributed by atoms with van der Waals surface area (Å²) in [5.41, 5.74) is 1.76. The largest absolute Gasteiger partial charge is 0.493 e. The van der Waals surface area contributed by atoms with Gasteiger partial charge in [-0.2, -0.15) is 0 Å². The van der Waals surface area contributed by atoms with E-state index in [9.17, 15) is 0 Å². The van der Waals surface area contributed by atoms with E-state index in [4.69, 9.17) is 26.4 Å².